The van der Waals surface area contributed by atoms with Crippen LogP contribution < -0.4 is 9.64 Å². The fourth-order valence-electron chi connectivity index (χ4n) is 3.25. The number of piperazine rings is 1. The lowest BCUT2D eigenvalue weighted by Crippen LogP contribution is -2.49. The van der Waals surface area contributed by atoms with Crippen LogP contribution in [0.4, 0.5) is 5.82 Å². The molecule has 0 aliphatic carbocycles. The molecule has 7 nitrogen and oxygen atoms in total. The molecule has 0 spiro atoms. The Morgan fingerprint density at radius 1 is 1.10 bits per heavy atom. The summed E-state index contributed by atoms with van der Waals surface area (Å²) < 4.78 is 10.6. The summed E-state index contributed by atoms with van der Waals surface area (Å²) in [6, 6.07) is 8.74. The van der Waals surface area contributed by atoms with Gasteiger partial charge in [-0.25, -0.2) is 9.78 Å². The molecular weight excluding hydrogens is 441 g/mol. The molecule has 0 bridgehead atoms. The fourth-order valence-corrected chi connectivity index (χ4v) is 3.60. The third-order valence-corrected chi connectivity index (χ3v) is 5.73. The molecule has 31 heavy (non-hydrogen) atoms. The second-order valence-electron chi connectivity index (χ2n) is 7.00. The van der Waals surface area contributed by atoms with Crippen molar-refractivity contribution in [2.45, 2.75) is 19.8 Å². The van der Waals surface area contributed by atoms with Gasteiger partial charge in [0.1, 0.15) is 16.6 Å². The van der Waals surface area contributed by atoms with Crippen LogP contribution in [0.2, 0.25) is 10.0 Å². The highest BCUT2D eigenvalue weighted by Gasteiger charge is 2.22. The first kappa shape index (κ1) is 23.2. The summed E-state index contributed by atoms with van der Waals surface area (Å²) in [5.74, 6) is 1.04. The van der Waals surface area contributed by atoms with E-state index < -0.39 is 0 Å². The van der Waals surface area contributed by atoms with E-state index in [9.17, 15) is 9.59 Å². The molecule has 9 heteroatoms. The number of hydrogen-bond donors (Lipinski definition) is 0. The van der Waals surface area contributed by atoms with Gasteiger partial charge in [0.2, 0.25) is 5.91 Å². The molecule has 0 saturated carbocycles. The van der Waals surface area contributed by atoms with E-state index in [1.807, 2.05) is 11.0 Å². The minimum atomic E-state index is -0.376. The maximum atomic E-state index is 12.5. The number of pyridine rings is 1. The Bertz CT molecular complexity index is 900. The largest absolute Gasteiger partial charge is 0.492 e. The number of ether oxygens (including phenoxy) is 2. The number of nitrogens with zero attached hydrogens (tertiary/aromatic N) is 3. The van der Waals surface area contributed by atoms with Crippen molar-refractivity contribution in [1.82, 2.24) is 9.88 Å². The third-order valence-electron chi connectivity index (χ3n) is 4.92. The molecule has 0 unspecified atom stereocenters. The van der Waals surface area contributed by atoms with Gasteiger partial charge < -0.3 is 19.3 Å². The second kappa shape index (κ2) is 11.2. The molecule has 0 radical (unpaired) electrons. The Kier molecular flexibility index (Phi) is 8.37. The summed E-state index contributed by atoms with van der Waals surface area (Å²) in [6.07, 6.45) is 2.53. The van der Waals surface area contributed by atoms with Gasteiger partial charge >= 0.3 is 5.97 Å². The topological polar surface area (TPSA) is 72.0 Å². The van der Waals surface area contributed by atoms with Crippen LogP contribution in [0.3, 0.4) is 0 Å². The molecule has 0 N–H and O–H groups in total. The molecule has 2 heterocycles. The van der Waals surface area contributed by atoms with E-state index in [-0.39, 0.29) is 11.9 Å². The highest BCUT2D eigenvalue weighted by molar-refractivity contribution is 6.42. The monoisotopic (exact) mass is 465 g/mol. The van der Waals surface area contributed by atoms with Gasteiger partial charge in [0.05, 0.1) is 23.8 Å². The molecule has 166 valence electrons. The van der Waals surface area contributed by atoms with Gasteiger partial charge in [0.15, 0.2) is 0 Å². The van der Waals surface area contributed by atoms with Crippen LogP contribution in [0.25, 0.3) is 0 Å². The van der Waals surface area contributed by atoms with Crippen molar-refractivity contribution in [3.8, 4) is 5.75 Å². The zero-order chi connectivity index (χ0) is 22.2. The summed E-state index contributed by atoms with van der Waals surface area (Å²) in [5, 5.41) is 0.827. The summed E-state index contributed by atoms with van der Waals surface area (Å²) in [5.41, 5.74) is 0.431. The average Bonchev–Trinajstić information content (AvgIpc) is 2.79. The molecule has 1 fully saturated rings. The first-order valence-corrected chi connectivity index (χ1v) is 11.0. The third kappa shape index (κ3) is 6.24. The molecular formula is C22H25Cl2N3O4. The number of halogens is 2. The maximum Gasteiger partial charge on any atom is 0.339 e. The van der Waals surface area contributed by atoms with E-state index in [1.165, 1.54) is 6.20 Å². The summed E-state index contributed by atoms with van der Waals surface area (Å²) in [7, 11) is 0. The van der Waals surface area contributed by atoms with Crippen LogP contribution in [-0.2, 0) is 9.53 Å². The number of aromatic nitrogens is 1. The summed E-state index contributed by atoms with van der Waals surface area (Å²) >= 11 is 12.1. The van der Waals surface area contributed by atoms with E-state index in [0.29, 0.717) is 73.6 Å². The standard InChI is InChI=1S/C22H25Cl2N3O4/c1-2-30-22(29)16-8-9-19(25-15-16)26-10-12-27(13-11-26)20(28)7-4-14-31-18-6-3-5-17(23)21(18)24/h3,5-6,8-9,15H,2,4,7,10-14H2,1H3. The van der Waals surface area contributed by atoms with Crippen LogP contribution in [0.5, 0.6) is 5.75 Å². The Morgan fingerprint density at radius 3 is 2.55 bits per heavy atom. The molecule has 1 aromatic carbocycles. The van der Waals surface area contributed by atoms with Gasteiger partial charge in [-0.3, -0.25) is 4.79 Å². The van der Waals surface area contributed by atoms with E-state index in [0.717, 1.165) is 5.82 Å². The molecule has 1 amide bonds. The number of amides is 1. The number of benzene rings is 1. The Hall–Kier alpha value is -2.51. The Morgan fingerprint density at radius 2 is 1.87 bits per heavy atom. The highest BCUT2D eigenvalue weighted by Crippen LogP contribution is 2.31. The molecule has 1 aromatic heterocycles. The molecule has 0 atom stereocenters. The van der Waals surface area contributed by atoms with Gasteiger partial charge in [-0.05, 0) is 37.6 Å². The number of esters is 1. The van der Waals surface area contributed by atoms with Gasteiger partial charge in [-0.2, -0.15) is 0 Å². The quantitative estimate of drug-likeness (QED) is 0.432. The predicted molar refractivity (Wildman–Crippen MR) is 120 cm³/mol. The number of hydrogen-bond acceptors (Lipinski definition) is 6. The molecule has 3 rings (SSSR count). The van der Waals surface area contributed by atoms with Crippen molar-refractivity contribution in [2.75, 3.05) is 44.3 Å². The summed E-state index contributed by atoms with van der Waals surface area (Å²) in [4.78, 5) is 32.5. The average molecular weight is 466 g/mol. The van der Waals surface area contributed by atoms with E-state index in [1.54, 1.807) is 31.2 Å². The summed E-state index contributed by atoms with van der Waals surface area (Å²) in [6.45, 7) is 5.11. The first-order valence-electron chi connectivity index (χ1n) is 10.2. The number of anilines is 1. The molecule has 1 aliphatic heterocycles. The van der Waals surface area contributed by atoms with E-state index in [4.69, 9.17) is 32.7 Å². The lowest BCUT2D eigenvalue weighted by Gasteiger charge is -2.35. The minimum absolute atomic E-state index is 0.103. The maximum absolute atomic E-state index is 12.5. The molecule has 1 aliphatic rings. The van der Waals surface area contributed by atoms with Gasteiger partial charge in [0, 0.05) is 38.8 Å². The van der Waals surface area contributed by atoms with E-state index >= 15 is 0 Å². The number of carbonyl (C=O) groups is 2. The van der Waals surface area contributed by atoms with Gasteiger partial charge in [0.25, 0.3) is 0 Å². The van der Waals surface area contributed by atoms with Crippen LogP contribution in [-0.4, -0.2) is 61.2 Å². The van der Waals surface area contributed by atoms with Crippen molar-refractivity contribution < 1.29 is 19.1 Å². The van der Waals surface area contributed by atoms with Crippen molar-refractivity contribution in [3.63, 3.8) is 0 Å². The lowest BCUT2D eigenvalue weighted by molar-refractivity contribution is -0.131. The number of rotatable bonds is 8. The molecule has 2 aromatic rings. The van der Waals surface area contributed by atoms with Gasteiger partial charge in [-0.15, -0.1) is 0 Å². The second-order valence-corrected chi connectivity index (χ2v) is 7.78. The zero-order valence-corrected chi connectivity index (χ0v) is 18.9. The van der Waals surface area contributed by atoms with Crippen molar-refractivity contribution in [3.05, 3.63) is 52.1 Å². The van der Waals surface area contributed by atoms with Crippen molar-refractivity contribution in [2.24, 2.45) is 0 Å². The zero-order valence-electron chi connectivity index (χ0n) is 17.4. The highest BCUT2D eigenvalue weighted by atomic mass is 35.5. The lowest BCUT2D eigenvalue weighted by atomic mass is 10.2. The van der Waals surface area contributed by atoms with E-state index in [2.05, 4.69) is 9.88 Å². The molecule has 1 saturated heterocycles. The predicted octanol–water partition coefficient (Wildman–Crippen LogP) is 4.07. The normalized spacial score (nSPS) is 13.8. The smallest absolute Gasteiger partial charge is 0.339 e. The van der Waals surface area contributed by atoms with Crippen LogP contribution in [0.1, 0.15) is 30.1 Å². The van der Waals surface area contributed by atoms with Crippen LogP contribution >= 0.6 is 23.2 Å². The van der Waals surface area contributed by atoms with Crippen LogP contribution in [0.15, 0.2) is 36.5 Å². The fraction of sp³-hybridized carbons (Fsp3) is 0.409. The Balaban J connectivity index is 1.40. The SMILES string of the molecule is CCOC(=O)c1ccc(N2CCN(C(=O)CCCOc3cccc(Cl)c3Cl)CC2)nc1. The van der Waals surface area contributed by atoms with Crippen molar-refractivity contribution >= 4 is 40.9 Å². The van der Waals surface area contributed by atoms with Crippen LogP contribution in [0, 0.1) is 0 Å². The Labute approximate surface area is 191 Å². The van der Waals surface area contributed by atoms with Gasteiger partial charge in [-0.1, -0.05) is 29.3 Å². The minimum Gasteiger partial charge on any atom is -0.492 e. The first-order chi connectivity index (χ1) is 15.0. The van der Waals surface area contributed by atoms with Crippen molar-refractivity contribution in [1.29, 1.82) is 0 Å². The number of carbonyl (C=O) groups excluding carboxylic acids is 2.